The number of halogens is 1. The molecular formula is C31H32FN3O3S. The Hall–Kier alpha value is -3.75. The van der Waals surface area contributed by atoms with E-state index in [0.29, 0.717) is 41.4 Å². The number of likely N-dealkylation sites (N-methyl/N-ethyl adjacent to an activating group) is 1. The number of fused-ring (bicyclic) bond motifs is 1. The molecule has 2 heterocycles. The second kappa shape index (κ2) is 11.2. The standard InChI is InChI=1S/C31H32FN3O3S/c1-22(2)17-27-20-35(26-10-5-4-6-11-26)29-19-30(38-21-25-9-7-8-16-33-25)28(23-12-14-24(32)15-13-23)18-31(29)39(36,37)34(27)3/h4-16,18-19,22,27H,17,20-21H2,1-3H3/t27-/m1/s1. The summed E-state index contributed by atoms with van der Waals surface area (Å²) in [4.78, 5) is 6.60. The van der Waals surface area contributed by atoms with Gasteiger partial charge in [0.15, 0.2) is 0 Å². The van der Waals surface area contributed by atoms with Gasteiger partial charge in [-0.3, -0.25) is 4.98 Å². The fraction of sp³-hybridized carbons (Fsp3) is 0.258. The highest BCUT2D eigenvalue weighted by Gasteiger charge is 2.38. The van der Waals surface area contributed by atoms with Crippen LogP contribution in [0.1, 0.15) is 26.0 Å². The average molecular weight is 546 g/mol. The molecule has 3 aromatic carbocycles. The third kappa shape index (κ3) is 5.67. The predicted octanol–water partition coefficient (Wildman–Crippen LogP) is 6.65. The number of benzene rings is 3. The van der Waals surface area contributed by atoms with Crippen molar-refractivity contribution in [2.24, 2.45) is 5.92 Å². The Kier molecular flexibility index (Phi) is 7.68. The third-order valence-electron chi connectivity index (χ3n) is 6.98. The molecule has 0 amide bonds. The lowest BCUT2D eigenvalue weighted by molar-refractivity contribution is 0.302. The van der Waals surface area contributed by atoms with Crippen molar-refractivity contribution in [3.05, 3.63) is 103 Å². The van der Waals surface area contributed by atoms with Crippen LogP contribution in [0.3, 0.4) is 0 Å². The van der Waals surface area contributed by atoms with E-state index in [-0.39, 0.29) is 23.4 Å². The summed E-state index contributed by atoms with van der Waals surface area (Å²) in [6.07, 6.45) is 2.41. The molecular weight excluding hydrogens is 513 g/mol. The lowest BCUT2D eigenvalue weighted by Crippen LogP contribution is -2.41. The molecule has 0 unspecified atom stereocenters. The smallest absolute Gasteiger partial charge is 0.245 e. The molecule has 5 rings (SSSR count). The van der Waals surface area contributed by atoms with Crippen LogP contribution in [0.25, 0.3) is 11.1 Å². The summed E-state index contributed by atoms with van der Waals surface area (Å²) in [7, 11) is -2.21. The first-order chi connectivity index (χ1) is 18.7. The number of hydrogen-bond acceptors (Lipinski definition) is 5. The first-order valence-electron chi connectivity index (χ1n) is 13.0. The van der Waals surface area contributed by atoms with Gasteiger partial charge >= 0.3 is 0 Å². The van der Waals surface area contributed by atoms with Crippen LogP contribution in [-0.4, -0.2) is 37.3 Å². The van der Waals surface area contributed by atoms with E-state index in [9.17, 15) is 12.8 Å². The van der Waals surface area contributed by atoms with Crippen LogP contribution in [0.4, 0.5) is 15.8 Å². The number of anilines is 2. The first-order valence-corrected chi connectivity index (χ1v) is 14.5. The van der Waals surface area contributed by atoms with Gasteiger partial charge in [-0.25, -0.2) is 12.8 Å². The zero-order chi connectivity index (χ0) is 27.6. The van der Waals surface area contributed by atoms with Crippen molar-refractivity contribution in [3.8, 4) is 16.9 Å². The van der Waals surface area contributed by atoms with Crippen molar-refractivity contribution in [1.29, 1.82) is 0 Å². The molecule has 0 aliphatic carbocycles. The second-order valence-corrected chi connectivity index (χ2v) is 12.1. The van der Waals surface area contributed by atoms with E-state index in [0.717, 1.165) is 11.4 Å². The molecule has 0 saturated heterocycles. The molecule has 1 aliphatic rings. The minimum absolute atomic E-state index is 0.185. The number of ether oxygens (including phenoxy) is 1. The van der Waals surface area contributed by atoms with Crippen LogP contribution in [0, 0.1) is 11.7 Å². The second-order valence-electron chi connectivity index (χ2n) is 10.2. The van der Waals surface area contributed by atoms with Gasteiger partial charge in [0.1, 0.15) is 23.1 Å². The first kappa shape index (κ1) is 26.8. The Balaban J connectivity index is 1.72. The van der Waals surface area contributed by atoms with E-state index >= 15 is 0 Å². The van der Waals surface area contributed by atoms with Crippen LogP contribution in [0.5, 0.6) is 5.75 Å². The van der Waals surface area contributed by atoms with Gasteiger partial charge in [0.2, 0.25) is 10.0 Å². The maximum atomic E-state index is 14.1. The molecule has 0 bridgehead atoms. The Morgan fingerprint density at radius 3 is 2.38 bits per heavy atom. The van der Waals surface area contributed by atoms with Gasteiger partial charge < -0.3 is 9.64 Å². The van der Waals surface area contributed by atoms with Gasteiger partial charge in [0.25, 0.3) is 0 Å². The van der Waals surface area contributed by atoms with Gasteiger partial charge in [-0.15, -0.1) is 0 Å². The summed E-state index contributed by atoms with van der Waals surface area (Å²) in [6, 6.07) is 24.6. The summed E-state index contributed by atoms with van der Waals surface area (Å²) in [6.45, 7) is 4.88. The monoisotopic (exact) mass is 545 g/mol. The van der Waals surface area contributed by atoms with E-state index in [4.69, 9.17) is 4.74 Å². The molecule has 4 aromatic rings. The Bertz CT molecular complexity index is 1530. The predicted molar refractivity (Wildman–Crippen MR) is 152 cm³/mol. The minimum Gasteiger partial charge on any atom is -0.487 e. The number of nitrogens with zero attached hydrogens (tertiary/aromatic N) is 3. The molecule has 8 heteroatoms. The molecule has 0 radical (unpaired) electrons. The zero-order valence-electron chi connectivity index (χ0n) is 22.3. The quantitative estimate of drug-likeness (QED) is 0.260. The molecule has 0 saturated carbocycles. The summed E-state index contributed by atoms with van der Waals surface area (Å²) < 4.78 is 49.8. The van der Waals surface area contributed by atoms with Crippen LogP contribution >= 0.6 is 0 Å². The van der Waals surface area contributed by atoms with Gasteiger partial charge in [0, 0.05) is 43.1 Å². The van der Waals surface area contributed by atoms with Gasteiger partial charge in [-0.05, 0) is 60.4 Å². The highest BCUT2D eigenvalue weighted by atomic mass is 32.2. The zero-order valence-corrected chi connectivity index (χ0v) is 23.1. The highest BCUT2D eigenvalue weighted by molar-refractivity contribution is 7.89. The molecule has 1 atom stereocenters. The molecule has 0 spiro atoms. The fourth-order valence-corrected chi connectivity index (χ4v) is 6.53. The van der Waals surface area contributed by atoms with Crippen molar-refractivity contribution in [1.82, 2.24) is 9.29 Å². The molecule has 0 N–H and O–H groups in total. The molecule has 202 valence electrons. The summed E-state index contributed by atoms with van der Waals surface area (Å²) >= 11 is 0. The maximum Gasteiger partial charge on any atom is 0.245 e. The largest absolute Gasteiger partial charge is 0.487 e. The van der Waals surface area contributed by atoms with Crippen molar-refractivity contribution in [2.45, 2.75) is 37.8 Å². The van der Waals surface area contributed by atoms with Gasteiger partial charge in [0.05, 0.1) is 11.4 Å². The lowest BCUT2D eigenvalue weighted by Gasteiger charge is -2.30. The van der Waals surface area contributed by atoms with E-state index in [2.05, 4.69) is 23.7 Å². The van der Waals surface area contributed by atoms with E-state index in [1.54, 1.807) is 37.5 Å². The lowest BCUT2D eigenvalue weighted by atomic mass is 10.0. The third-order valence-corrected chi connectivity index (χ3v) is 8.92. The normalized spacial score (nSPS) is 17.1. The summed E-state index contributed by atoms with van der Waals surface area (Å²) in [5, 5.41) is 0. The average Bonchev–Trinajstić information content (AvgIpc) is 3.01. The maximum absolute atomic E-state index is 14.1. The van der Waals surface area contributed by atoms with E-state index in [1.807, 2.05) is 48.5 Å². The van der Waals surface area contributed by atoms with Gasteiger partial charge in [-0.2, -0.15) is 4.31 Å². The molecule has 0 fully saturated rings. The minimum atomic E-state index is -3.87. The molecule has 1 aromatic heterocycles. The van der Waals surface area contributed by atoms with Crippen LogP contribution in [0.15, 0.2) is 96.0 Å². The Labute approximate surface area is 229 Å². The SMILES string of the molecule is CC(C)C[C@@H]1CN(c2ccccc2)c2cc(OCc3ccccn3)c(-c3ccc(F)cc3)cc2S(=O)(=O)N1C. The molecule has 39 heavy (non-hydrogen) atoms. The van der Waals surface area contributed by atoms with Crippen LogP contribution < -0.4 is 9.64 Å². The number of para-hydroxylation sites is 1. The topological polar surface area (TPSA) is 62.7 Å². The number of sulfonamides is 1. The molecule has 1 aliphatic heterocycles. The fourth-order valence-electron chi connectivity index (χ4n) is 4.97. The Morgan fingerprint density at radius 2 is 1.72 bits per heavy atom. The number of aromatic nitrogens is 1. The van der Waals surface area contributed by atoms with E-state index in [1.165, 1.54) is 16.4 Å². The summed E-state index contributed by atoms with van der Waals surface area (Å²) in [5.41, 5.74) is 3.39. The van der Waals surface area contributed by atoms with Gasteiger partial charge in [-0.1, -0.05) is 50.2 Å². The van der Waals surface area contributed by atoms with Crippen LogP contribution in [0.2, 0.25) is 0 Å². The number of rotatable bonds is 7. The van der Waals surface area contributed by atoms with Crippen LogP contribution in [-0.2, 0) is 16.6 Å². The van der Waals surface area contributed by atoms with Crippen molar-refractivity contribution in [3.63, 3.8) is 0 Å². The van der Waals surface area contributed by atoms with Crippen molar-refractivity contribution >= 4 is 21.4 Å². The Morgan fingerprint density at radius 1 is 1.00 bits per heavy atom. The molecule has 6 nitrogen and oxygen atoms in total. The van der Waals surface area contributed by atoms with Crippen molar-refractivity contribution in [2.75, 3.05) is 18.5 Å². The number of pyridine rings is 1. The summed E-state index contributed by atoms with van der Waals surface area (Å²) in [5.74, 6) is 0.425. The number of hydrogen-bond donors (Lipinski definition) is 0. The van der Waals surface area contributed by atoms with E-state index < -0.39 is 10.0 Å². The highest BCUT2D eigenvalue weighted by Crippen LogP contribution is 2.44. The van der Waals surface area contributed by atoms with Crippen molar-refractivity contribution < 1.29 is 17.5 Å².